The lowest BCUT2D eigenvalue weighted by atomic mass is 9.96. The summed E-state index contributed by atoms with van der Waals surface area (Å²) in [6.45, 7) is 2.49. The number of benzene rings is 3. The fraction of sp³-hybridized carbons (Fsp3) is 0.345. The lowest BCUT2D eigenvalue weighted by Gasteiger charge is -2.44. The van der Waals surface area contributed by atoms with Crippen molar-refractivity contribution >= 4 is 5.91 Å². The minimum Gasteiger partial charge on any atom is -0.388 e. The molecule has 0 aliphatic carbocycles. The Bertz CT molecular complexity index is 1050. The molecule has 1 fully saturated rings. The Hall–Kier alpha value is -3.07. The number of nitrogens with one attached hydrogen (secondary N) is 1. The highest BCUT2D eigenvalue weighted by atomic mass is 16.7. The van der Waals surface area contributed by atoms with Gasteiger partial charge in [0.05, 0.1) is 26.4 Å². The molecule has 3 aromatic carbocycles. The Kier molecular flexibility index (Phi) is 9.61. The van der Waals surface area contributed by atoms with Crippen molar-refractivity contribution in [1.82, 2.24) is 5.32 Å². The molecule has 1 aliphatic heterocycles. The van der Waals surface area contributed by atoms with Crippen LogP contribution in [-0.2, 0) is 43.6 Å². The summed E-state index contributed by atoms with van der Waals surface area (Å²) in [5.74, 6) is -0.267. The maximum Gasteiger partial charge on any atom is 0.217 e. The van der Waals surface area contributed by atoms with E-state index in [9.17, 15) is 9.90 Å². The highest BCUT2D eigenvalue weighted by Crippen LogP contribution is 2.27. The molecule has 0 bridgehead atoms. The van der Waals surface area contributed by atoms with Gasteiger partial charge in [0.15, 0.2) is 6.29 Å². The molecule has 4 rings (SSSR count). The first-order chi connectivity index (χ1) is 17.6. The van der Waals surface area contributed by atoms with Gasteiger partial charge < -0.3 is 29.4 Å². The summed E-state index contributed by atoms with van der Waals surface area (Å²) >= 11 is 0. The lowest BCUT2D eigenvalue weighted by molar-refractivity contribution is -0.284. The zero-order valence-corrected chi connectivity index (χ0v) is 20.4. The summed E-state index contributed by atoms with van der Waals surface area (Å²) < 4.78 is 24.4. The summed E-state index contributed by atoms with van der Waals surface area (Å²) in [4.78, 5) is 12.1. The van der Waals surface area contributed by atoms with Crippen LogP contribution in [-0.4, -0.2) is 48.3 Å². The van der Waals surface area contributed by atoms with Crippen LogP contribution in [0.25, 0.3) is 0 Å². The van der Waals surface area contributed by atoms with Gasteiger partial charge in [-0.3, -0.25) is 4.79 Å². The molecule has 0 saturated carbocycles. The number of aliphatic hydroxyl groups is 1. The minimum atomic E-state index is -1.04. The van der Waals surface area contributed by atoms with E-state index < -0.39 is 30.6 Å². The van der Waals surface area contributed by atoms with Crippen molar-refractivity contribution in [3.63, 3.8) is 0 Å². The Labute approximate surface area is 212 Å². The molecule has 7 nitrogen and oxygen atoms in total. The maximum absolute atomic E-state index is 12.1. The average molecular weight is 492 g/mol. The van der Waals surface area contributed by atoms with Gasteiger partial charge in [-0.1, -0.05) is 91.0 Å². The largest absolute Gasteiger partial charge is 0.388 e. The second-order valence-corrected chi connectivity index (χ2v) is 8.82. The summed E-state index contributed by atoms with van der Waals surface area (Å²) in [6.07, 6.45) is -3.37. The zero-order valence-electron chi connectivity index (χ0n) is 20.4. The Balaban J connectivity index is 1.49. The Morgan fingerprint density at radius 2 is 1.31 bits per heavy atom. The quantitative estimate of drug-likeness (QED) is 0.426. The average Bonchev–Trinajstić information content (AvgIpc) is 2.90. The molecular formula is C29H33NO6. The summed E-state index contributed by atoms with van der Waals surface area (Å²) in [7, 11) is 0. The van der Waals surface area contributed by atoms with Crippen molar-refractivity contribution < 1.29 is 28.8 Å². The second kappa shape index (κ2) is 13.3. The van der Waals surface area contributed by atoms with Crippen LogP contribution in [0.4, 0.5) is 0 Å². The van der Waals surface area contributed by atoms with Gasteiger partial charge in [0.25, 0.3) is 0 Å². The van der Waals surface area contributed by atoms with E-state index in [1.807, 2.05) is 91.0 Å². The molecule has 0 unspecified atom stereocenters. The topological polar surface area (TPSA) is 86.3 Å². The second-order valence-electron chi connectivity index (χ2n) is 8.82. The normalized spacial score (nSPS) is 23.8. The van der Waals surface area contributed by atoms with Crippen molar-refractivity contribution in [2.75, 3.05) is 6.61 Å². The molecule has 5 atom stereocenters. The van der Waals surface area contributed by atoms with E-state index in [-0.39, 0.29) is 25.7 Å². The van der Waals surface area contributed by atoms with Crippen molar-refractivity contribution in [1.29, 1.82) is 0 Å². The van der Waals surface area contributed by atoms with Crippen LogP contribution in [0.1, 0.15) is 23.6 Å². The third-order valence-electron chi connectivity index (χ3n) is 5.98. The highest BCUT2D eigenvalue weighted by molar-refractivity contribution is 5.73. The van der Waals surface area contributed by atoms with Crippen molar-refractivity contribution in [2.45, 2.75) is 57.4 Å². The zero-order chi connectivity index (χ0) is 25.2. The molecule has 0 aromatic heterocycles. The first-order valence-corrected chi connectivity index (χ1v) is 12.1. The van der Waals surface area contributed by atoms with Crippen LogP contribution in [0.2, 0.25) is 0 Å². The van der Waals surface area contributed by atoms with E-state index in [0.717, 1.165) is 16.7 Å². The van der Waals surface area contributed by atoms with Gasteiger partial charge in [0.1, 0.15) is 24.4 Å². The summed E-state index contributed by atoms with van der Waals surface area (Å²) in [5, 5.41) is 14.1. The molecule has 0 spiro atoms. The fourth-order valence-electron chi connectivity index (χ4n) is 4.17. The van der Waals surface area contributed by atoms with Crippen molar-refractivity contribution in [3.8, 4) is 0 Å². The van der Waals surface area contributed by atoms with Crippen LogP contribution in [0.3, 0.4) is 0 Å². The smallest absolute Gasteiger partial charge is 0.217 e. The molecule has 190 valence electrons. The number of hydrogen-bond acceptors (Lipinski definition) is 6. The van der Waals surface area contributed by atoms with Gasteiger partial charge in [0, 0.05) is 6.92 Å². The number of hydrogen-bond donors (Lipinski definition) is 2. The van der Waals surface area contributed by atoms with Crippen molar-refractivity contribution in [3.05, 3.63) is 108 Å². The molecule has 1 saturated heterocycles. The van der Waals surface area contributed by atoms with Gasteiger partial charge in [-0.2, -0.15) is 0 Å². The number of rotatable bonds is 11. The molecule has 2 N–H and O–H groups in total. The standard InChI is InChI=1S/C29H33NO6/c1-21(31)30-26-28(34-18-23-13-7-3-8-14-23)27(32)25(20-33-17-22-11-5-2-6-12-22)36-29(26)35-19-24-15-9-4-10-16-24/h2-16,25-29,32H,17-20H2,1H3,(H,30,31)/t25-,26+,27-,28-,29+/m1/s1. The number of aliphatic hydroxyl groups excluding tert-OH is 1. The van der Waals surface area contributed by atoms with E-state index in [4.69, 9.17) is 18.9 Å². The number of amides is 1. The molecule has 36 heavy (non-hydrogen) atoms. The molecule has 0 radical (unpaired) electrons. The number of carbonyl (C=O) groups excluding carboxylic acids is 1. The van der Waals surface area contributed by atoms with E-state index in [0.29, 0.717) is 6.61 Å². The monoisotopic (exact) mass is 491 g/mol. The van der Waals surface area contributed by atoms with E-state index in [1.165, 1.54) is 6.92 Å². The third kappa shape index (κ3) is 7.46. The van der Waals surface area contributed by atoms with Gasteiger partial charge in [-0.05, 0) is 16.7 Å². The molecule has 1 amide bonds. The molecular weight excluding hydrogens is 458 g/mol. The van der Waals surface area contributed by atoms with Crippen LogP contribution in [0.5, 0.6) is 0 Å². The molecule has 3 aromatic rings. The summed E-state index contributed by atoms with van der Waals surface area (Å²) in [6, 6.07) is 28.5. The van der Waals surface area contributed by atoms with Crippen LogP contribution >= 0.6 is 0 Å². The van der Waals surface area contributed by atoms with E-state index >= 15 is 0 Å². The summed E-state index contributed by atoms with van der Waals surface area (Å²) in [5.41, 5.74) is 2.94. The number of carbonyl (C=O) groups is 1. The molecule has 1 aliphatic rings. The van der Waals surface area contributed by atoms with Gasteiger partial charge >= 0.3 is 0 Å². The fourth-order valence-corrected chi connectivity index (χ4v) is 4.17. The first-order valence-electron chi connectivity index (χ1n) is 12.1. The van der Waals surface area contributed by atoms with Crippen LogP contribution in [0.15, 0.2) is 91.0 Å². The van der Waals surface area contributed by atoms with Gasteiger partial charge in [-0.15, -0.1) is 0 Å². The minimum absolute atomic E-state index is 0.138. The Morgan fingerprint density at radius 3 is 1.83 bits per heavy atom. The maximum atomic E-state index is 12.1. The predicted molar refractivity (Wildman–Crippen MR) is 135 cm³/mol. The van der Waals surface area contributed by atoms with Crippen molar-refractivity contribution in [2.24, 2.45) is 0 Å². The Morgan fingerprint density at radius 1 is 0.806 bits per heavy atom. The first kappa shape index (κ1) is 26.0. The number of ether oxygens (including phenoxy) is 4. The highest BCUT2D eigenvalue weighted by Gasteiger charge is 2.47. The van der Waals surface area contributed by atoms with Crippen LogP contribution < -0.4 is 5.32 Å². The van der Waals surface area contributed by atoms with Gasteiger partial charge in [0.2, 0.25) is 5.91 Å². The SMILES string of the molecule is CC(=O)N[C@@H]1[C@@H](OCc2ccccc2)O[C@H](COCc2ccccc2)[C@@H](O)[C@@H]1OCc1ccccc1. The molecule has 1 heterocycles. The third-order valence-corrected chi connectivity index (χ3v) is 5.98. The van der Waals surface area contributed by atoms with E-state index in [1.54, 1.807) is 0 Å². The predicted octanol–water partition coefficient (Wildman–Crippen LogP) is 3.60. The lowest BCUT2D eigenvalue weighted by Crippen LogP contribution is -2.65. The van der Waals surface area contributed by atoms with E-state index in [2.05, 4.69) is 5.32 Å². The van der Waals surface area contributed by atoms with Crippen LogP contribution in [0, 0.1) is 0 Å². The van der Waals surface area contributed by atoms with Gasteiger partial charge in [-0.25, -0.2) is 0 Å². The molecule has 7 heteroatoms.